The van der Waals surface area contributed by atoms with Crippen LogP contribution in [0.1, 0.15) is 42.7 Å². The molecule has 1 heterocycles. The first kappa shape index (κ1) is 22.6. The van der Waals surface area contributed by atoms with Crippen LogP contribution in [0.4, 0.5) is 10.5 Å². The van der Waals surface area contributed by atoms with Crippen LogP contribution in [0, 0.1) is 0 Å². The highest BCUT2D eigenvalue weighted by Gasteiger charge is 2.42. The van der Waals surface area contributed by atoms with E-state index in [1.54, 1.807) is 0 Å². The lowest BCUT2D eigenvalue weighted by Crippen LogP contribution is -2.53. The van der Waals surface area contributed by atoms with Gasteiger partial charge in [0, 0.05) is 12.1 Å². The van der Waals surface area contributed by atoms with Gasteiger partial charge in [-0.1, -0.05) is 61.4 Å². The summed E-state index contributed by atoms with van der Waals surface area (Å²) < 4.78 is 6.88. The van der Waals surface area contributed by atoms with E-state index < -0.39 is 23.5 Å². The Labute approximate surface area is 202 Å². The van der Waals surface area contributed by atoms with E-state index in [-0.39, 0.29) is 19.1 Å². The fraction of sp³-hybridized carbons (Fsp3) is 0.308. The van der Waals surface area contributed by atoms with Crippen LogP contribution >= 0.6 is 0 Å². The third-order valence-corrected chi connectivity index (χ3v) is 6.77. The molecule has 2 aliphatic carbocycles. The molecule has 0 unspecified atom stereocenters. The van der Waals surface area contributed by atoms with Gasteiger partial charge in [0.15, 0.2) is 0 Å². The van der Waals surface area contributed by atoms with Crippen molar-refractivity contribution in [1.29, 1.82) is 0 Å². The summed E-state index contributed by atoms with van der Waals surface area (Å²) in [6, 6.07) is 16.2. The zero-order valence-corrected chi connectivity index (χ0v) is 19.1. The van der Waals surface area contributed by atoms with Crippen LogP contribution in [0.15, 0.2) is 60.9 Å². The van der Waals surface area contributed by atoms with Gasteiger partial charge in [0.1, 0.15) is 18.7 Å². The molecule has 1 saturated carbocycles. The molecular formula is C26H26N4O5. The van der Waals surface area contributed by atoms with E-state index in [2.05, 4.69) is 40.0 Å². The number of nitrogens with one attached hydrogen (secondary N) is 2. The number of carboxylic acids is 1. The minimum Gasteiger partial charge on any atom is -0.480 e. The van der Waals surface area contributed by atoms with E-state index in [1.807, 2.05) is 24.3 Å². The quantitative estimate of drug-likeness (QED) is 0.479. The molecular weight excluding hydrogens is 448 g/mol. The van der Waals surface area contributed by atoms with Gasteiger partial charge in [-0.15, -0.1) is 0 Å². The number of hydrogen-bond acceptors (Lipinski definition) is 5. The highest BCUT2D eigenvalue weighted by molar-refractivity contribution is 5.87. The lowest BCUT2D eigenvalue weighted by molar-refractivity contribution is -0.147. The maximum Gasteiger partial charge on any atom is 0.411 e. The molecule has 1 fully saturated rings. The number of rotatable bonds is 7. The molecule has 5 rings (SSSR count). The largest absolute Gasteiger partial charge is 0.480 e. The molecule has 9 nitrogen and oxygen atoms in total. The number of carboxylic acid groups (broad SMARTS) is 1. The van der Waals surface area contributed by atoms with Crippen molar-refractivity contribution >= 4 is 23.7 Å². The summed E-state index contributed by atoms with van der Waals surface area (Å²) in [5.41, 5.74) is 3.73. The molecule has 3 aromatic rings. The fourth-order valence-corrected chi connectivity index (χ4v) is 5.09. The molecule has 0 saturated heterocycles. The summed E-state index contributed by atoms with van der Waals surface area (Å²) in [7, 11) is 0. The molecule has 180 valence electrons. The summed E-state index contributed by atoms with van der Waals surface area (Å²) >= 11 is 0. The molecule has 0 aliphatic heterocycles. The van der Waals surface area contributed by atoms with Crippen molar-refractivity contribution in [2.24, 2.45) is 0 Å². The Morgan fingerprint density at radius 1 is 1.03 bits per heavy atom. The van der Waals surface area contributed by atoms with Crippen molar-refractivity contribution in [1.82, 2.24) is 15.1 Å². The number of hydrogen-bond donors (Lipinski definition) is 3. The van der Waals surface area contributed by atoms with Gasteiger partial charge in [0.25, 0.3) is 0 Å². The molecule has 0 radical (unpaired) electrons. The monoisotopic (exact) mass is 474 g/mol. The second-order valence-electron chi connectivity index (χ2n) is 9.02. The first-order valence-corrected chi connectivity index (χ1v) is 11.6. The predicted octanol–water partition coefficient (Wildman–Crippen LogP) is 3.76. The average Bonchev–Trinajstić information content (AvgIpc) is 3.56. The van der Waals surface area contributed by atoms with Crippen molar-refractivity contribution in [3.05, 3.63) is 72.1 Å². The summed E-state index contributed by atoms with van der Waals surface area (Å²) in [5.74, 6) is -1.50. The standard InChI is InChI=1S/C26H26N4O5/c31-23(29-26(24(32)33)11-5-6-12-26)15-30-14-17(13-27-30)28-25(34)35-16-22-20-9-3-1-7-18(20)19-8-2-4-10-21(19)22/h1-4,7-10,13-14,22H,5-6,11-12,15-16H2,(H,28,34)(H,29,31)(H,32,33). The van der Waals surface area contributed by atoms with Crippen molar-refractivity contribution < 1.29 is 24.2 Å². The Bertz CT molecular complexity index is 1230. The van der Waals surface area contributed by atoms with E-state index in [1.165, 1.54) is 17.1 Å². The highest BCUT2D eigenvalue weighted by Crippen LogP contribution is 2.44. The molecule has 0 spiro atoms. The van der Waals surface area contributed by atoms with Gasteiger partial charge in [-0.3, -0.25) is 14.8 Å². The minimum absolute atomic E-state index is 0.0447. The number of carbonyl (C=O) groups is 3. The second-order valence-corrected chi connectivity index (χ2v) is 9.02. The van der Waals surface area contributed by atoms with Crippen LogP contribution in [-0.2, 0) is 20.9 Å². The molecule has 0 atom stereocenters. The Balaban J connectivity index is 1.17. The van der Waals surface area contributed by atoms with Crippen LogP contribution in [0.25, 0.3) is 11.1 Å². The number of amides is 2. The SMILES string of the molecule is O=C(Cn1cc(NC(=O)OCC2c3ccccc3-c3ccccc32)cn1)NC1(C(=O)O)CCCC1. The van der Waals surface area contributed by atoms with Gasteiger partial charge in [-0.2, -0.15) is 5.10 Å². The average molecular weight is 475 g/mol. The molecule has 2 amide bonds. The first-order valence-electron chi connectivity index (χ1n) is 11.6. The van der Waals surface area contributed by atoms with Gasteiger partial charge in [0.2, 0.25) is 5.91 Å². The summed E-state index contributed by atoms with van der Waals surface area (Å²) in [6.45, 7) is 0.0368. The zero-order valence-electron chi connectivity index (χ0n) is 19.1. The van der Waals surface area contributed by atoms with Gasteiger partial charge in [-0.25, -0.2) is 9.59 Å². The lowest BCUT2D eigenvalue weighted by Gasteiger charge is -2.25. The van der Waals surface area contributed by atoms with Crippen molar-refractivity contribution in [2.45, 2.75) is 43.7 Å². The maximum absolute atomic E-state index is 12.5. The van der Waals surface area contributed by atoms with E-state index >= 15 is 0 Å². The Morgan fingerprint density at radius 3 is 2.29 bits per heavy atom. The summed E-state index contributed by atoms with van der Waals surface area (Å²) in [6.07, 6.45) is 4.67. The molecule has 3 N–H and O–H groups in total. The zero-order chi connectivity index (χ0) is 24.4. The van der Waals surface area contributed by atoms with Gasteiger partial charge < -0.3 is 15.2 Å². The molecule has 9 heteroatoms. The third-order valence-electron chi connectivity index (χ3n) is 6.77. The lowest BCUT2D eigenvalue weighted by atomic mass is 9.98. The van der Waals surface area contributed by atoms with Gasteiger partial charge >= 0.3 is 12.1 Å². The number of anilines is 1. The van der Waals surface area contributed by atoms with Crippen molar-refractivity contribution in [3.63, 3.8) is 0 Å². The fourth-order valence-electron chi connectivity index (χ4n) is 5.09. The molecule has 2 aromatic carbocycles. The number of aromatic nitrogens is 2. The van der Waals surface area contributed by atoms with E-state index in [0.29, 0.717) is 18.5 Å². The van der Waals surface area contributed by atoms with Gasteiger partial charge in [0.05, 0.1) is 11.9 Å². The van der Waals surface area contributed by atoms with E-state index in [9.17, 15) is 19.5 Å². The van der Waals surface area contributed by atoms with Crippen LogP contribution in [-0.4, -0.2) is 45.0 Å². The number of nitrogens with zero attached hydrogens (tertiary/aromatic N) is 2. The predicted molar refractivity (Wildman–Crippen MR) is 128 cm³/mol. The molecule has 2 aliphatic rings. The number of aliphatic carboxylic acids is 1. The van der Waals surface area contributed by atoms with Gasteiger partial charge in [-0.05, 0) is 35.1 Å². The molecule has 1 aromatic heterocycles. The third kappa shape index (κ3) is 4.49. The van der Waals surface area contributed by atoms with Crippen LogP contribution in [0.3, 0.4) is 0 Å². The van der Waals surface area contributed by atoms with E-state index in [4.69, 9.17) is 4.74 Å². The minimum atomic E-state index is -1.20. The normalized spacial score (nSPS) is 15.8. The summed E-state index contributed by atoms with van der Waals surface area (Å²) in [4.78, 5) is 36.5. The number of fused-ring (bicyclic) bond motifs is 3. The Morgan fingerprint density at radius 2 is 1.66 bits per heavy atom. The van der Waals surface area contributed by atoms with Crippen LogP contribution in [0.5, 0.6) is 0 Å². The van der Waals surface area contributed by atoms with Crippen LogP contribution < -0.4 is 10.6 Å². The smallest absolute Gasteiger partial charge is 0.411 e. The topological polar surface area (TPSA) is 123 Å². The summed E-state index contributed by atoms with van der Waals surface area (Å²) in [5, 5.41) is 18.9. The van der Waals surface area contributed by atoms with E-state index in [0.717, 1.165) is 35.1 Å². The number of carbonyl (C=O) groups excluding carboxylic acids is 2. The highest BCUT2D eigenvalue weighted by atomic mass is 16.5. The van der Waals surface area contributed by atoms with Crippen molar-refractivity contribution in [3.8, 4) is 11.1 Å². The number of benzene rings is 2. The Kier molecular flexibility index (Phi) is 5.98. The maximum atomic E-state index is 12.5. The number of ether oxygens (including phenoxy) is 1. The Hall–Kier alpha value is -4.14. The molecule has 0 bridgehead atoms. The molecule has 35 heavy (non-hydrogen) atoms. The first-order chi connectivity index (χ1) is 16.9. The van der Waals surface area contributed by atoms with Crippen LogP contribution in [0.2, 0.25) is 0 Å². The van der Waals surface area contributed by atoms with Crippen molar-refractivity contribution in [2.75, 3.05) is 11.9 Å². The second kappa shape index (κ2) is 9.25.